The summed E-state index contributed by atoms with van der Waals surface area (Å²) in [6.45, 7) is 2.61. The Morgan fingerprint density at radius 3 is 1.89 bits per heavy atom. The number of hydrogen-bond acceptors (Lipinski definition) is 2. The Kier molecular flexibility index (Phi) is 7.24. The first-order valence-corrected chi connectivity index (χ1v) is 10.4. The maximum atomic E-state index is 12.4. The zero-order chi connectivity index (χ0) is 19.8. The van der Waals surface area contributed by atoms with Crippen molar-refractivity contribution in [1.29, 1.82) is 0 Å². The molecular weight excluding hydrogens is 348 g/mol. The van der Waals surface area contributed by atoms with Gasteiger partial charge in [-0.2, -0.15) is 0 Å². The van der Waals surface area contributed by atoms with Crippen LogP contribution in [0.25, 0.3) is 0 Å². The number of carbonyl (C=O) groups is 2. The predicted molar refractivity (Wildman–Crippen MR) is 112 cm³/mol. The molecule has 0 atom stereocenters. The topological polar surface area (TPSA) is 58.2 Å². The predicted octanol–water partition coefficient (Wildman–Crippen LogP) is 4.02. The highest BCUT2D eigenvalue weighted by Gasteiger charge is 2.24. The highest BCUT2D eigenvalue weighted by Crippen LogP contribution is 2.26. The van der Waals surface area contributed by atoms with Crippen molar-refractivity contribution >= 4 is 11.8 Å². The highest BCUT2D eigenvalue weighted by molar-refractivity contribution is 6.35. The number of hydrogen-bond donors (Lipinski definition) is 2. The molecule has 2 aromatic carbocycles. The fraction of sp³-hybridized carbons (Fsp3) is 0.417. The molecule has 148 valence electrons. The fourth-order valence-electron chi connectivity index (χ4n) is 4.04. The highest BCUT2D eigenvalue weighted by atomic mass is 16.2. The molecule has 4 heteroatoms. The minimum Gasteiger partial charge on any atom is -0.347 e. The molecule has 1 aliphatic rings. The Morgan fingerprint density at radius 2 is 1.39 bits per heavy atom. The van der Waals surface area contributed by atoms with Gasteiger partial charge in [0, 0.05) is 18.5 Å². The zero-order valence-electron chi connectivity index (χ0n) is 16.6. The lowest BCUT2D eigenvalue weighted by Gasteiger charge is -2.28. The molecule has 1 saturated carbocycles. The van der Waals surface area contributed by atoms with Crippen LogP contribution in [-0.4, -0.2) is 24.4 Å². The van der Waals surface area contributed by atoms with Gasteiger partial charge in [-0.3, -0.25) is 9.59 Å². The van der Waals surface area contributed by atoms with Gasteiger partial charge in [0.2, 0.25) is 0 Å². The third-order valence-corrected chi connectivity index (χ3v) is 5.84. The summed E-state index contributed by atoms with van der Waals surface area (Å²) in [6, 6.07) is 20.3. The largest absolute Gasteiger partial charge is 0.347 e. The van der Waals surface area contributed by atoms with E-state index in [1.165, 1.54) is 6.42 Å². The van der Waals surface area contributed by atoms with Gasteiger partial charge in [0.25, 0.3) is 0 Å². The Bertz CT molecular complexity index is 713. The zero-order valence-corrected chi connectivity index (χ0v) is 16.6. The van der Waals surface area contributed by atoms with Crippen molar-refractivity contribution in [3.63, 3.8) is 0 Å². The summed E-state index contributed by atoms with van der Waals surface area (Å²) in [5.74, 6) is -0.284. The van der Waals surface area contributed by atoms with Gasteiger partial charge in [0.15, 0.2) is 0 Å². The van der Waals surface area contributed by atoms with Gasteiger partial charge in [-0.1, -0.05) is 74.0 Å². The molecule has 0 bridgehead atoms. The Morgan fingerprint density at radius 1 is 0.857 bits per heavy atom. The van der Waals surface area contributed by atoms with E-state index < -0.39 is 11.8 Å². The summed E-state index contributed by atoms with van der Waals surface area (Å²) in [6.07, 6.45) is 5.39. The normalized spacial score (nSPS) is 19.2. The lowest BCUT2D eigenvalue weighted by Crippen LogP contribution is -2.46. The molecule has 1 fully saturated rings. The summed E-state index contributed by atoms with van der Waals surface area (Å²) >= 11 is 0. The van der Waals surface area contributed by atoms with E-state index in [1.807, 2.05) is 36.4 Å². The van der Waals surface area contributed by atoms with E-state index in [0.717, 1.165) is 42.7 Å². The molecule has 2 aromatic rings. The lowest BCUT2D eigenvalue weighted by atomic mass is 9.84. The molecule has 0 spiro atoms. The van der Waals surface area contributed by atoms with Crippen molar-refractivity contribution in [3.05, 3.63) is 71.8 Å². The maximum Gasteiger partial charge on any atom is 0.309 e. The second-order valence-electron chi connectivity index (χ2n) is 7.68. The lowest BCUT2D eigenvalue weighted by molar-refractivity contribution is -0.139. The van der Waals surface area contributed by atoms with Crippen molar-refractivity contribution in [2.24, 2.45) is 5.92 Å². The molecule has 0 aromatic heterocycles. The molecular formula is C24H30N2O2. The molecule has 2 amide bonds. The van der Waals surface area contributed by atoms with Crippen LogP contribution in [0.4, 0.5) is 0 Å². The van der Waals surface area contributed by atoms with E-state index in [9.17, 15) is 9.59 Å². The van der Waals surface area contributed by atoms with E-state index >= 15 is 0 Å². The van der Waals surface area contributed by atoms with Crippen LogP contribution in [-0.2, 0) is 9.59 Å². The smallest absolute Gasteiger partial charge is 0.309 e. The van der Waals surface area contributed by atoms with Crippen LogP contribution in [0.2, 0.25) is 0 Å². The standard InChI is InChI=1S/C24H30N2O2/c1-2-18-13-15-21(16-14-18)26-24(28)23(27)25-17-22(19-9-5-3-6-10-19)20-11-7-4-8-12-20/h3-12,18,21-22H,2,13-17H2,1H3,(H,25,27)(H,26,28). The Labute approximate surface area is 167 Å². The second-order valence-corrected chi connectivity index (χ2v) is 7.68. The third kappa shape index (κ3) is 5.44. The molecule has 1 aliphatic carbocycles. The summed E-state index contributed by atoms with van der Waals surface area (Å²) in [4.78, 5) is 24.7. The number of amides is 2. The van der Waals surface area contributed by atoms with Gasteiger partial charge in [-0.25, -0.2) is 0 Å². The Hall–Kier alpha value is -2.62. The molecule has 0 radical (unpaired) electrons. The van der Waals surface area contributed by atoms with Crippen LogP contribution in [0.5, 0.6) is 0 Å². The Balaban J connectivity index is 1.57. The van der Waals surface area contributed by atoms with Crippen LogP contribution in [0.1, 0.15) is 56.1 Å². The monoisotopic (exact) mass is 378 g/mol. The third-order valence-electron chi connectivity index (χ3n) is 5.84. The first-order valence-electron chi connectivity index (χ1n) is 10.4. The van der Waals surface area contributed by atoms with Crippen LogP contribution in [0.15, 0.2) is 60.7 Å². The van der Waals surface area contributed by atoms with Crippen molar-refractivity contribution in [1.82, 2.24) is 10.6 Å². The van der Waals surface area contributed by atoms with Gasteiger partial charge in [0.05, 0.1) is 0 Å². The number of carbonyl (C=O) groups excluding carboxylic acids is 2. The molecule has 28 heavy (non-hydrogen) atoms. The molecule has 0 heterocycles. The van der Waals surface area contributed by atoms with E-state index in [-0.39, 0.29) is 12.0 Å². The molecule has 4 nitrogen and oxygen atoms in total. The number of rotatable bonds is 6. The number of nitrogens with one attached hydrogen (secondary N) is 2. The second kappa shape index (κ2) is 10.1. The SMILES string of the molecule is CCC1CCC(NC(=O)C(=O)NCC(c2ccccc2)c2ccccc2)CC1. The summed E-state index contributed by atoms with van der Waals surface area (Å²) < 4.78 is 0. The van der Waals surface area contributed by atoms with Crippen LogP contribution < -0.4 is 10.6 Å². The number of benzene rings is 2. The first-order chi connectivity index (χ1) is 13.7. The summed E-state index contributed by atoms with van der Waals surface area (Å²) in [5, 5.41) is 5.75. The molecule has 2 N–H and O–H groups in total. The summed E-state index contributed by atoms with van der Waals surface area (Å²) in [5.41, 5.74) is 2.24. The van der Waals surface area contributed by atoms with Crippen molar-refractivity contribution < 1.29 is 9.59 Å². The molecule has 0 unspecified atom stereocenters. The van der Waals surface area contributed by atoms with E-state index in [0.29, 0.717) is 6.54 Å². The molecule has 3 rings (SSSR count). The first kappa shape index (κ1) is 20.1. The minimum atomic E-state index is -0.547. The van der Waals surface area contributed by atoms with Gasteiger partial charge in [0.1, 0.15) is 0 Å². The van der Waals surface area contributed by atoms with Gasteiger partial charge < -0.3 is 10.6 Å². The van der Waals surface area contributed by atoms with Gasteiger partial charge in [-0.05, 0) is 42.7 Å². The summed E-state index contributed by atoms with van der Waals surface area (Å²) in [7, 11) is 0. The van der Waals surface area contributed by atoms with Gasteiger partial charge >= 0.3 is 11.8 Å². The average molecular weight is 379 g/mol. The average Bonchev–Trinajstić information content (AvgIpc) is 2.76. The van der Waals surface area contributed by atoms with Crippen molar-refractivity contribution in [3.8, 4) is 0 Å². The van der Waals surface area contributed by atoms with E-state index in [2.05, 4.69) is 41.8 Å². The van der Waals surface area contributed by atoms with Crippen LogP contribution in [0.3, 0.4) is 0 Å². The maximum absolute atomic E-state index is 12.4. The van der Waals surface area contributed by atoms with Crippen LogP contribution in [0, 0.1) is 5.92 Å². The van der Waals surface area contributed by atoms with Gasteiger partial charge in [-0.15, -0.1) is 0 Å². The quantitative estimate of drug-likeness (QED) is 0.746. The van der Waals surface area contributed by atoms with E-state index in [4.69, 9.17) is 0 Å². The molecule has 0 aliphatic heterocycles. The minimum absolute atomic E-state index is 0.0131. The van der Waals surface area contributed by atoms with Crippen LogP contribution >= 0.6 is 0 Å². The van der Waals surface area contributed by atoms with Crippen molar-refractivity contribution in [2.75, 3.05) is 6.54 Å². The van der Waals surface area contributed by atoms with Crippen molar-refractivity contribution in [2.45, 2.75) is 51.0 Å². The molecule has 0 saturated heterocycles. The fourth-order valence-corrected chi connectivity index (χ4v) is 4.04. The van der Waals surface area contributed by atoms with E-state index in [1.54, 1.807) is 0 Å².